The lowest BCUT2D eigenvalue weighted by molar-refractivity contribution is -0.139. The molecule has 8 heteroatoms. The molecule has 2 rings (SSSR count). The van der Waals surface area contributed by atoms with Crippen molar-refractivity contribution in [2.24, 2.45) is 0 Å². The quantitative estimate of drug-likeness (QED) is 0.861. The molecule has 0 aliphatic carbocycles. The summed E-state index contributed by atoms with van der Waals surface area (Å²) in [4.78, 5) is 10.6. The number of Topliss-reactive ketones (excluding diaryl/α,β-unsaturated/α-hetero) is 1. The van der Waals surface area contributed by atoms with Gasteiger partial charge in [-0.15, -0.1) is 0 Å². The lowest BCUT2D eigenvalue weighted by Gasteiger charge is -2.15. The van der Waals surface area contributed by atoms with Gasteiger partial charge >= 0.3 is 6.18 Å². The van der Waals surface area contributed by atoms with E-state index in [0.29, 0.717) is 6.07 Å². The Hall–Kier alpha value is -2.35. The normalized spacial score (nSPS) is 12.0. The number of benzene rings is 2. The zero-order chi connectivity index (χ0) is 17.3. The summed E-state index contributed by atoms with van der Waals surface area (Å²) in [5.74, 6) is -0.410. The van der Waals surface area contributed by atoms with E-state index in [9.17, 15) is 26.4 Å². The van der Waals surface area contributed by atoms with Crippen LogP contribution in [0.25, 0.3) is 0 Å². The number of carbonyl (C=O) groups excluding carboxylic acids is 1. The lowest BCUT2D eigenvalue weighted by atomic mass is 10.1. The van der Waals surface area contributed by atoms with Crippen molar-refractivity contribution in [2.45, 2.75) is 18.0 Å². The maximum atomic E-state index is 13.0. The highest BCUT2D eigenvalue weighted by Crippen LogP contribution is 2.34. The molecule has 23 heavy (non-hydrogen) atoms. The standard InChI is InChI=1S/C15H12F3NO3S/c1-10(20)11-6-2-4-8-13(11)19-23(21,22)14-9-5-3-7-12(14)15(16,17)18/h2-9,19H,1H3. The number of hydrogen-bond acceptors (Lipinski definition) is 3. The first-order valence-corrected chi connectivity index (χ1v) is 7.90. The molecule has 0 heterocycles. The summed E-state index contributed by atoms with van der Waals surface area (Å²) in [5, 5.41) is 0. The maximum absolute atomic E-state index is 13.0. The molecule has 122 valence electrons. The fraction of sp³-hybridized carbons (Fsp3) is 0.133. The van der Waals surface area contributed by atoms with Gasteiger partial charge in [-0.2, -0.15) is 13.2 Å². The van der Waals surface area contributed by atoms with Crippen LogP contribution in [0.15, 0.2) is 53.4 Å². The van der Waals surface area contributed by atoms with Crippen molar-refractivity contribution in [3.63, 3.8) is 0 Å². The number of sulfonamides is 1. The molecule has 0 radical (unpaired) electrons. The fourth-order valence-electron chi connectivity index (χ4n) is 2.01. The third-order valence-electron chi connectivity index (χ3n) is 3.03. The van der Waals surface area contributed by atoms with E-state index in [2.05, 4.69) is 0 Å². The Balaban J connectivity index is 2.52. The van der Waals surface area contributed by atoms with Gasteiger partial charge in [0.2, 0.25) is 0 Å². The Morgan fingerprint density at radius 1 is 1.00 bits per heavy atom. The topological polar surface area (TPSA) is 63.2 Å². The molecule has 0 atom stereocenters. The van der Waals surface area contributed by atoms with E-state index in [1.165, 1.54) is 37.3 Å². The Morgan fingerprint density at radius 3 is 2.17 bits per heavy atom. The highest BCUT2D eigenvalue weighted by molar-refractivity contribution is 7.92. The molecule has 0 unspecified atom stereocenters. The second-order valence-corrected chi connectivity index (χ2v) is 6.35. The molecule has 2 aromatic carbocycles. The highest BCUT2D eigenvalue weighted by atomic mass is 32.2. The first-order valence-electron chi connectivity index (χ1n) is 6.42. The van der Waals surface area contributed by atoms with E-state index in [4.69, 9.17) is 0 Å². The monoisotopic (exact) mass is 343 g/mol. The summed E-state index contributed by atoms with van der Waals surface area (Å²) >= 11 is 0. The summed E-state index contributed by atoms with van der Waals surface area (Å²) in [7, 11) is -4.51. The minimum Gasteiger partial charge on any atom is -0.294 e. The van der Waals surface area contributed by atoms with Crippen molar-refractivity contribution in [3.05, 3.63) is 59.7 Å². The summed E-state index contributed by atoms with van der Waals surface area (Å²) in [5.41, 5.74) is -1.27. The van der Waals surface area contributed by atoms with Gasteiger partial charge in [0.15, 0.2) is 5.78 Å². The van der Waals surface area contributed by atoms with Crippen LogP contribution in [0, 0.1) is 0 Å². The van der Waals surface area contributed by atoms with Crippen LogP contribution < -0.4 is 4.72 Å². The first kappa shape index (κ1) is 17.0. The summed E-state index contributed by atoms with van der Waals surface area (Å²) in [6, 6.07) is 9.54. The molecule has 1 N–H and O–H groups in total. The zero-order valence-corrected chi connectivity index (χ0v) is 12.7. The van der Waals surface area contributed by atoms with Gasteiger partial charge in [0.25, 0.3) is 10.0 Å². The van der Waals surface area contributed by atoms with Crippen molar-refractivity contribution in [1.29, 1.82) is 0 Å². The minimum absolute atomic E-state index is 0.0700. The van der Waals surface area contributed by atoms with Gasteiger partial charge < -0.3 is 0 Å². The Bertz CT molecular complexity index is 845. The number of para-hydroxylation sites is 1. The third kappa shape index (κ3) is 3.70. The minimum atomic E-state index is -4.81. The van der Waals surface area contributed by atoms with Crippen LogP contribution in [-0.2, 0) is 16.2 Å². The van der Waals surface area contributed by atoms with Gasteiger partial charge in [-0.05, 0) is 31.2 Å². The number of halogens is 3. The molecule has 0 amide bonds. The van der Waals surface area contributed by atoms with Crippen molar-refractivity contribution < 1.29 is 26.4 Å². The second kappa shape index (κ2) is 6.04. The molecule has 0 aromatic heterocycles. The molecular formula is C15H12F3NO3S. The molecule has 0 fully saturated rings. The van der Waals surface area contributed by atoms with Gasteiger partial charge in [0.1, 0.15) is 0 Å². The number of ketones is 1. The average molecular weight is 343 g/mol. The average Bonchev–Trinajstić information content (AvgIpc) is 2.46. The zero-order valence-electron chi connectivity index (χ0n) is 11.9. The summed E-state index contributed by atoms with van der Waals surface area (Å²) in [6.07, 6.45) is -4.81. The molecule has 0 spiro atoms. The number of rotatable bonds is 4. The molecule has 2 aromatic rings. The van der Waals surface area contributed by atoms with E-state index < -0.39 is 32.4 Å². The van der Waals surface area contributed by atoms with Crippen LogP contribution in [0.5, 0.6) is 0 Å². The molecular weight excluding hydrogens is 331 g/mol. The van der Waals surface area contributed by atoms with Crippen LogP contribution in [0.3, 0.4) is 0 Å². The summed E-state index contributed by atoms with van der Waals surface area (Å²) in [6.45, 7) is 1.23. The van der Waals surface area contributed by atoms with E-state index >= 15 is 0 Å². The van der Waals surface area contributed by atoms with Crippen molar-refractivity contribution in [2.75, 3.05) is 4.72 Å². The van der Waals surface area contributed by atoms with Crippen LogP contribution in [0.1, 0.15) is 22.8 Å². The van der Waals surface area contributed by atoms with Crippen molar-refractivity contribution >= 4 is 21.5 Å². The Kier molecular flexibility index (Phi) is 4.46. The predicted octanol–water partition coefficient (Wildman–Crippen LogP) is 3.71. The Labute approximate surface area is 131 Å². The largest absolute Gasteiger partial charge is 0.417 e. The number of carbonyl (C=O) groups is 1. The highest BCUT2D eigenvalue weighted by Gasteiger charge is 2.37. The van der Waals surface area contributed by atoms with Gasteiger partial charge in [-0.3, -0.25) is 9.52 Å². The third-order valence-corrected chi connectivity index (χ3v) is 4.46. The molecule has 0 bridgehead atoms. The van der Waals surface area contributed by atoms with Gasteiger partial charge in [-0.25, -0.2) is 8.42 Å². The predicted molar refractivity (Wildman–Crippen MR) is 78.7 cm³/mol. The van der Waals surface area contributed by atoms with E-state index in [-0.39, 0.29) is 11.3 Å². The second-order valence-electron chi connectivity index (χ2n) is 4.70. The van der Waals surface area contributed by atoms with E-state index in [1.54, 1.807) is 0 Å². The molecule has 0 aliphatic heterocycles. The number of hydrogen-bond donors (Lipinski definition) is 1. The molecule has 0 aliphatic rings. The fourth-order valence-corrected chi connectivity index (χ4v) is 3.32. The van der Waals surface area contributed by atoms with Crippen LogP contribution in [0.4, 0.5) is 18.9 Å². The molecule has 4 nitrogen and oxygen atoms in total. The number of alkyl halides is 3. The smallest absolute Gasteiger partial charge is 0.294 e. The molecule has 0 saturated heterocycles. The van der Waals surface area contributed by atoms with Gasteiger partial charge in [-0.1, -0.05) is 24.3 Å². The number of nitrogens with one attached hydrogen (secondary N) is 1. The van der Waals surface area contributed by atoms with E-state index in [0.717, 1.165) is 12.1 Å². The van der Waals surface area contributed by atoms with Crippen molar-refractivity contribution in [1.82, 2.24) is 0 Å². The first-order chi connectivity index (χ1) is 10.6. The van der Waals surface area contributed by atoms with Gasteiger partial charge in [0.05, 0.1) is 16.1 Å². The van der Waals surface area contributed by atoms with E-state index in [1.807, 2.05) is 4.72 Å². The maximum Gasteiger partial charge on any atom is 0.417 e. The summed E-state index contributed by atoms with van der Waals surface area (Å²) < 4.78 is 65.6. The Morgan fingerprint density at radius 2 is 1.57 bits per heavy atom. The lowest BCUT2D eigenvalue weighted by Crippen LogP contribution is -2.19. The molecule has 0 saturated carbocycles. The van der Waals surface area contributed by atoms with Crippen LogP contribution >= 0.6 is 0 Å². The SMILES string of the molecule is CC(=O)c1ccccc1NS(=O)(=O)c1ccccc1C(F)(F)F. The van der Waals surface area contributed by atoms with Crippen LogP contribution in [0.2, 0.25) is 0 Å². The van der Waals surface area contributed by atoms with Gasteiger partial charge in [0, 0.05) is 5.56 Å². The number of anilines is 1. The van der Waals surface area contributed by atoms with Crippen molar-refractivity contribution in [3.8, 4) is 0 Å². The van der Waals surface area contributed by atoms with Crippen LogP contribution in [-0.4, -0.2) is 14.2 Å².